The van der Waals surface area contributed by atoms with Crippen LogP contribution < -0.4 is 0 Å². The summed E-state index contributed by atoms with van der Waals surface area (Å²) in [7, 11) is 0. The van der Waals surface area contributed by atoms with Gasteiger partial charge in [0.15, 0.2) is 11.5 Å². The second-order valence-corrected chi connectivity index (χ2v) is 7.50. The van der Waals surface area contributed by atoms with Gasteiger partial charge in [-0.25, -0.2) is 9.78 Å². The van der Waals surface area contributed by atoms with Crippen LogP contribution in [0.1, 0.15) is 16.2 Å². The predicted molar refractivity (Wildman–Crippen MR) is 94.4 cm³/mol. The first-order valence-electron chi connectivity index (χ1n) is 6.95. The summed E-state index contributed by atoms with van der Waals surface area (Å²) in [6.07, 6.45) is 0. The molecule has 0 N–H and O–H groups in total. The average Bonchev–Trinajstić information content (AvgIpc) is 3.40. The second kappa shape index (κ2) is 6.68. The van der Waals surface area contributed by atoms with Crippen LogP contribution in [-0.4, -0.2) is 16.1 Å². The van der Waals surface area contributed by atoms with Gasteiger partial charge in [-0.05, 0) is 22.9 Å². The molecular weight excluding hydrogens is 364 g/mol. The molecule has 0 fully saturated rings. The molecule has 0 aromatic carbocycles. The van der Waals surface area contributed by atoms with E-state index >= 15 is 0 Å². The van der Waals surface area contributed by atoms with Crippen molar-refractivity contribution in [1.29, 1.82) is 0 Å². The SMILES string of the molecule is O=C(OCc1cc(-c2cccs2)on1)c1csc(-c2cccs2)n1. The third kappa shape index (κ3) is 3.16. The minimum atomic E-state index is -0.463. The highest BCUT2D eigenvalue weighted by atomic mass is 32.1. The minimum Gasteiger partial charge on any atom is -0.454 e. The lowest BCUT2D eigenvalue weighted by Crippen LogP contribution is -2.05. The lowest BCUT2D eigenvalue weighted by molar-refractivity contribution is 0.0458. The molecule has 4 rings (SSSR count). The van der Waals surface area contributed by atoms with Gasteiger partial charge in [-0.3, -0.25) is 0 Å². The molecule has 0 bridgehead atoms. The Morgan fingerprint density at radius 1 is 1.12 bits per heavy atom. The Kier molecular flexibility index (Phi) is 4.24. The van der Waals surface area contributed by atoms with Crippen molar-refractivity contribution < 1.29 is 14.1 Å². The normalized spacial score (nSPS) is 10.8. The number of aromatic nitrogens is 2. The van der Waals surface area contributed by atoms with Crippen molar-refractivity contribution in [2.75, 3.05) is 0 Å². The maximum Gasteiger partial charge on any atom is 0.358 e. The van der Waals surface area contributed by atoms with E-state index in [2.05, 4.69) is 10.1 Å². The molecule has 0 unspecified atom stereocenters. The molecule has 0 amide bonds. The Bertz CT molecular complexity index is 939. The second-order valence-electron chi connectivity index (χ2n) is 4.75. The Morgan fingerprint density at radius 2 is 1.92 bits per heavy atom. The number of carbonyl (C=O) groups is 1. The summed E-state index contributed by atoms with van der Waals surface area (Å²) in [4.78, 5) is 18.5. The molecule has 0 atom stereocenters. The van der Waals surface area contributed by atoms with Crippen LogP contribution in [-0.2, 0) is 11.3 Å². The van der Waals surface area contributed by atoms with Crippen LogP contribution in [0.15, 0.2) is 51.0 Å². The largest absolute Gasteiger partial charge is 0.454 e. The first-order chi connectivity index (χ1) is 11.8. The Balaban J connectivity index is 1.40. The molecule has 4 heterocycles. The first kappa shape index (κ1) is 15.3. The number of thiazole rings is 1. The molecular formula is C16H10N2O3S3. The molecule has 0 spiro atoms. The summed E-state index contributed by atoms with van der Waals surface area (Å²) in [5.41, 5.74) is 0.880. The third-order valence-electron chi connectivity index (χ3n) is 3.12. The molecule has 24 heavy (non-hydrogen) atoms. The van der Waals surface area contributed by atoms with E-state index < -0.39 is 5.97 Å². The summed E-state index contributed by atoms with van der Waals surface area (Å²) in [5, 5.41) is 10.4. The summed E-state index contributed by atoms with van der Waals surface area (Å²) >= 11 is 4.58. The van der Waals surface area contributed by atoms with Gasteiger partial charge in [0.2, 0.25) is 0 Å². The third-order valence-corrected chi connectivity index (χ3v) is 5.89. The average molecular weight is 374 g/mol. The van der Waals surface area contributed by atoms with E-state index in [9.17, 15) is 4.79 Å². The van der Waals surface area contributed by atoms with Gasteiger partial charge in [0.1, 0.15) is 17.3 Å². The summed E-state index contributed by atoms with van der Waals surface area (Å²) in [6.45, 7) is 0.0551. The van der Waals surface area contributed by atoms with Crippen LogP contribution in [0.5, 0.6) is 0 Å². The highest BCUT2D eigenvalue weighted by Gasteiger charge is 2.15. The van der Waals surface area contributed by atoms with E-state index in [0.29, 0.717) is 17.1 Å². The molecule has 8 heteroatoms. The van der Waals surface area contributed by atoms with Crippen molar-refractivity contribution >= 4 is 40.0 Å². The quantitative estimate of drug-likeness (QED) is 0.463. The minimum absolute atomic E-state index is 0.0551. The van der Waals surface area contributed by atoms with Crippen LogP contribution in [0, 0.1) is 0 Å². The molecule has 120 valence electrons. The van der Waals surface area contributed by atoms with E-state index in [4.69, 9.17) is 9.26 Å². The van der Waals surface area contributed by atoms with Gasteiger partial charge >= 0.3 is 5.97 Å². The highest BCUT2D eigenvalue weighted by Crippen LogP contribution is 2.28. The molecule has 0 radical (unpaired) electrons. The van der Waals surface area contributed by atoms with Crippen molar-refractivity contribution in [3.8, 4) is 20.5 Å². The van der Waals surface area contributed by atoms with E-state index in [0.717, 1.165) is 14.8 Å². The molecule has 5 nitrogen and oxygen atoms in total. The smallest absolute Gasteiger partial charge is 0.358 e. The standard InChI is InChI=1S/C16H10N2O3S3/c19-16(11-9-24-15(17-11)14-4-2-6-23-14)20-8-10-7-12(21-18-10)13-3-1-5-22-13/h1-7,9H,8H2. The number of hydrogen-bond donors (Lipinski definition) is 0. The first-order valence-corrected chi connectivity index (χ1v) is 9.59. The number of hydrogen-bond acceptors (Lipinski definition) is 8. The van der Waals surface area contributed by atoms with Crippen LogP contribution >= 0.6 is 34.0 Å². The van der Waals surface area contributed by atoms with Crippen molar-refractivity contribution in [3.63, 3.8) is 0 Å². The fraction of sp³-hybridized carbons (Fsp3) is 0.0625. The van der Waals surface area contributed by atoms with Gasteiger partial charge in [-0.1, -0.05) is 17.3 Å². The van der Waals surface area contributed by atoms with Crippen LogP contribution in [0.4, 0.5) is 0 Å². The van der Waals surface area contributed by atoms with Crippen molar-refractivity contribution in [3.05, 3.63) is 57.9 Å². The predicted octanol–water partition coefficient (Wildman–Crippen LogP) is 4.95. The fourth-order valence-electron chi connectivity index (χ4n) is 2.01. The van der Waals surface area contributed by atoms with E-state index in [-0.39, 0.29) is 6.61 Å². The van der Waals surface area contributed by atoms with E-state index in [1.54, 1.807) is 34.1 Å². The number of carbonyl (C=O) groups excluding carboxylic acids is 1. The molecule has 0 saturated carbocycles. The van der Waals surface area contributed by atoms with Crippen LogP contribution in [0.2, 0.25) is 0 Å². The number of rotatable bonds is 5. The van der Waals surface area contributed by atoms with Gasteiger partial charge in [0.25, 0.3) is 0 Å². The van der Waals surface area contributed by atoms with Gasteiger partial charge in [-0.2, -0.15) is 0 Å². The Morgan fingerprint density at radius 3 is 2.67 bits per heavy atom. The lowest BCUT2D eigenvalue weighted by Gasteiger charge is -1.98. The van der Waals surface area contributed by atoms with Crippen molar-refractivity contribution in [2.45, 2.75) is 6.61 Å². The van der Waals surface area contributed by atoms with Gasteiger partial charge in [-0.15, -0.1) is 34.0 Å². The van der Waals surface area contributed by atoms with Crippen LogP contribution in [0.3, 0.4) is 0 Å². The Hall–Kier alpha value is -2.29. The van der Waals surface area contributed by atoms with Gasteiger partial charge in [0.05, 0.1) is 9.75 Å². The van der Waals surface area contributed by atoms with Gasteiger partial charge in [0, 0.05) is 11.4 Å². The maximum atomic E-state index is 12.1. The van der Waals surface area contributed by atoms with Crippen molar-refractivity contribution in [2.24, 2.45) is 0 Å². The Labute approximate surface area is 149 Å². The number of nitrogens with zero attached hydrogens (tertiary/aromatic N) is 2. The topological polar surface area (TPSA) is 65.2 Å². The number of ether oxygens (including phenoxy) is 1. The summed E-state index contributed by atoms with van der Waals surface area (Å²) < 4.78 is 10.5. The summed E-state index contributed by atoms with van der Waals surface area (Å²) in [6, 6.07) is 9.59. The summed E-state index contributed by atoms with van der Waals surface area (Å²) in [5.74, 6) is 0.208. The molecule has 0 aliphatic heterocycles. The molecule has 0 saturated heterocycles. The van der Waals surface area contributed by atoms with Gasteiger partial charge < -0.3 is 9.26 Å². The number of esters is 1. The zero-order valence-electron chi connectivity index (χ0n) is 12.2. The van der Waals surface area contributed by atoms with E-state index in [1.165, 1.54) is 11.3 Å². The lowest BCUT2D eigenvalue weighted by atomic mass is 10.3. The monoisotopic (exact) mass is 374 g/mol. The fourth-order valence-corrected chi connectivity index (χ4v) is 4.29. The highest BCUT2D eigenvalue weighted by molar-refractivity contribution is 7.20. The molecule has 0 aliphatic rings. The van der Waals surface area contributed by atoms with Crippen LogP contribution in [0.25, 0.3) is 20.5 Å². The van der Waals surface area contributed by atoms with Crippen molar-refractivity contribution in [1.82, 2.24) is 10.1 Å². The molecule has 4 aromatic heterocycles. The zero-order chi connectivity index (χ0) is 16.4. The van der Waals surface area contributed by atoms with E-state index in [1.807, 2.05) is 35.0 Å². The molecule has 0 aliphatic carbocycles. The molecule has 4 aromatic rings. The zero-order valence-corrected chi connectivity index (χ0v) is 14.6. The maximum absolute atomic E-state index is 12.1. The number of thiophene rings is 2.